The van der Waals surface area contributed by atoms with E-state index in [4.69, 9.17) is 0 Å². The molecule has 29 heavy (non-hydrogen) atoms. The van der Waals surface area contributed by atoms with Crippen molar-refractivity contribution >= 4 is 28.4 Å². The van der Waals surface area contributed by atoms with Gasteiger partial charge < -0.3 is 14.8 Å². The number of likely N-dealkylation sites (N-methyl/N-ethyl adjacent to an activating group) is 1. The Morgan fingerprint density at radius 2 is 1.97 bits per heavy atom. The van der Waals surface area contributed by atoms with Crippen LogP contribution in [0.15, 0.2) is 42.5 Å². The standard InChI is InChI=1S/C25H30FN3/c1-4-5-13-27-21-10-11-24-22(15-21)23-17-28(3)14-12-25(23)29(24)16-18(2)19-6-8-20(26)9-7-19/h6-11,15-16,27H,4-5,12-14,17H2,1-3H3/b18-16+. The number of nitrogens with one attached hydrogen (secondary N) is 1. The summed E-state index contributed by atoms with van der Waals surface area (Å²) in [6.45, 7) is 7.36. The normalized spacial score (nSPS) is 15.0. The lowest BCUT2D eigenvalue weighted by Gasteiger charge is -2.23. The summed E-state index contributed by atoms with van der Waals surface area (Å²) >= 11 is 0. The molecule has 0 radical (unpaired) electrons. The highest BCUT2D eigenvalue weighted by Gasteiger charge is 2.22. The van der Waals surface area contributed by atoms with E-state index in [2.05, 4.69) is 60.1 Å². The molecule has 3 nitrogen and oxygen atoms in total. The van der Waals surface area contributed by atoms with Crippen LogP contribution in [0.5, 0.6) is 0 Å². The minimum absolute atomic E-state index is 0.198. The second-order valence-electron chi connectivity index (χ2n) is 8.11. The van der Waals surface area contributed by atoms with Crippen LogP contribution in [0.25, 0.3) is 22.7 Å². The van der Waals surface area contributed by atoms with Crippen molar-refractivity contribution in [1.29, 1.82) is 0 Å². The van der Waals surface area contributed by atoms with Gasteiger partial charge in [-0.1, -0.05) is 25.5 Å². The number of fused-ring (bicyclic) bond motifs is 3. The van der Waals surface area contributed by atoms with Crippen LogP contribution >= 0.6 is 0 Å². The van der Waals surface area contributed by atoms with Crippen molar-refractivity contribution in [2.75, 3.05) is 25.5 Å². The minimum atomic E-state index is -0.198. The Kier molecular flexibility index (Phi) is 5.72. The number of nitrogens with zero attached hydrogens (tertiary/aromatic N) is 2. The summed E-state index contributed by atoms with van der Waals surface area (Å²) in [7, 11) is 2.19. The van der Waals surface area contributed by atoms with Crippen LogP contribution < -0.4 is 5.32 Å². The Bertz CT molecular complexity index is 1030. The maximum Gasteiger partial charge on any atom is 0.123 e. The van der Waals surface area contributed by atoms with E-state index in [1.165, 1.54) is 52.8 Å². The predicted molar refractivity (Wildman–Crippen MR) is 122 cm³/mol. The monoisotopic (exact) mass is 391 g/mol. The van der Waals surface area contributed by atoms with Crippen molar-refractivity contribution < 1.29 is 4.39 Å². The lowest BCUT2D eigenvalue weighted by Crippen LogP contribution is -2.26. The average Bonchev–Trinajstić information content (AvgIpc) is 3.01. The van der Waals surface area contributed by atoms with Crippen LogP contribution in [0.1, 0.15) is 43.5 Å². The van der Waals surface area contributed by atoms with E-state index in [0.717, 1.165) is 37.2 Å². The fourth-order valence-electron chi connectivity index (χ4n) is 4.18. The lowest BCUT2D eigenvalue weighted by molar-refractivity contribution is 0.312. The number of benzene rings is 2. The van der Waals surface area contributed by atoms with Gasteiger partial charge in [0.1, 0.15) is 5.82 Å². The first-order valence-electron chi connectivity index (χ1n) is 10.6. The van der Waals surface area contributed by atoms with Gasteiger partial charge in [-0.3, -0.25) is 0 Å². The number of anilines is 1. The van der Waals surface area contributed by atoms with E-state index in [9.17, 15) is 4.39 Å². The quantitative estimate of drug-likeness (QED) is 0.520. The van der Waals surface area contributed by atoms with E-state index < -0.39 is 0 Å². The van der Waals surface area contributed by atoms with Gasteiger partial charge in [0.25, 0.3) is 0 Å². The summed E-state index contributed by atoms with van der Waals surface area (Å²) in [5.41, 5.74) is 7.44. The zero-order chi connectivity index (χ0) is 20.4. The molecular formula is C25H30FN3. The van der Waals surface area contributed by atoms with Crippen molar-refractivity contribution in [1.82, 2.24) is 9.47 Å². The van der Waals surface area contributed by atoms with Crippen molar-refractivity contribution in [3.05, 3.63) is 65.1 Å². The highest BCUT2D eigenvalue weighted by Crippen LogP contribution is 2.33. The molecule has 2 aromatic carbocycles. The van der Waals surface area contributed by atoms with Crippen molar-refractivity contribution in [2.24, 2.45) is 0 Å². The van der Waals surface area contributed by atoms with Crippen molar-refractivity contribution in [3.63, 3.8) is 0 Å². The molecule has 4 rings (SSSR count). The molecule has 0 spiro atoms. The summed E-state index contributed by atoms with van der Waals surface area (Å²) in [6, 6.07) is 13.5. The number of unbranched alkanes of at least 4 members (excludes halogenated alkanes) is 1. The fourth-order valence-corrected chi connectivity index (χ4v) is 4.18. The SMILES string of the molecule is CCCCNc1ccc2c(c1)c1c(n2/C=C(\C)c2ccc(F)cc2)CCN(C)C1. The molecule has 1 aromatic heterocycles. The van der Waals surface area contributed by atoms with E-state index in [1.807, 2.05) is 12.1 Å². The number of aromatic nitrogens is 1. The molecule has 0 atom stereocenters. The van der Waals surface area contributed by atoms with Gasteiger partial charge in [-0.25, -0.2) is 4.39 Å². The molecule has 152 valence electrons. The summed E-state index contributed by atoms with van der Waals surface area (Å²) in [5, 5.41) is 4.89. The number of halogens is 1. The summed E-state index contributed by atoms with van der Waals surface area (Å²) < 4.78 is 15.7. The number of rotatable bonds is 6. The lowest BCUT2D eigenvalue weighted by atomic mass is 10.0. The number of hydrogen-bond acceptors (Lipinski definition) is 2. The zero-order valence-electron chi connectivity index (χ0n) is 17.6. The molecule has 0 saturated heterocycles. The molecule has 2 heterocycles. The Hall–Kier alpha value is -2.59. The zero-order valence-corrected chi connectivity index (χ0v) is 17.6. The molecule has 4 heteroatoms. The van der Waals surface area contributed by atoms with Crippen LogP contribution in [0.2, 0.25) is 0 Å². The molecule has 3 aromatic rings. The van der Waals surface area contributed by atoms with Crippen LogP contribution in [0.4, 0.5) is 10.1 Å². The maximum atomic E-state index is 13.3. The summed E-state index contributed by atoms with van der Waals surface area (Å²) in [4.78, 5) is 2.39. The largest absolute Gasteiger partial charge is 0.385 e. The molecule has 0 bridgehead atoms. The van der Waals surface area contributed by atoms with Gasteiger partial charge in [-0.2, -0.15) is 0 Å². The van der Waals surface area contributed by atoms with Gasteiger partial charge in [0, 0.05) is 49.0 Å². The molecule has 0 amide bonds. The van der Waals surface area contributed by atoms with Gasteiger partial charge in [0.15, 0.2) is 0 Å². The Balaban J connectivity index is 1.78. The van der Waals surface area contributed by atoms with E-state index in [0.29, 0.717) is 0 Å². The highest BCUT2D eigenvalue weighted by atomic mass is 19.1. The minimum Gasteiger partial charge on any atom is -0.385 e. The Labute approximate surface area is 172 Å². The fraction of sp³-hybridized carbons (Fsp3) is 0.360. The molecule has 1 aliphatic rings. The van der Waals surface area contributed by atoms with E-state index in [-0.39, 0.29) is 5.82 Å². The molecule has 0 fully saturated rings. The summed E-state index contributed by atoms with van der Waals surface area (Å²) in [5.74, 6) is -0.198. The van der Waals surface area contributed by atoms with Crippen LogP contribution in [-0.4, -0.2) is 29.6 Å². The van der Waals surface area contributed by atoms with Crippen LogP contribution in [-0.2, 0) is 13.0 Å². The smallest absolute Gasteiger partial charge is 0.123 e. The van der Waals surface area contributed by atoms with Crippen molar-refractivity contribution in [2.45, 2.75) is 39.7 Å². The number of hydrogen-bond donors (Lipinski definition) is 1. The van der Waals surface area contributed by atoms with Gasteiger partial charge in [0.2, 0.25) is 0 Å². The molecule has 1 N–H and O–H groups in total. The first-order chi connectivity index (χ1) is 14.1. The third-order valence-corrected chi connectivity index (χ3v) is 5.86. The molecule has 1 aliphatic heterocycles. The Morgan fingerprint density at radius 1 is 1.17 bits per heavy atom. The second-order valence-corrected chi connectivity index (χ2v) is 8.11. The Morgan fingerprint density at radius 3 is 2.72 bits per heavy atom. The first-order valence-corrected chi connectivity index (χ1v) is 10.6. The number of allylic oxidation sites excluding steroid dienone is 1. The van der Waals surface area contributed by atoms with Gasteiger partial charge >= 0.3 is 0 Å². The summed E-state index contributed by atoms with van der Waals surface area (Å²) in [6.07, 6.45) is 5.62. The van der Waals surface area contributed by atoms with E-state index >= 15 is 0 Å². The van der Waals surface area contributed by atoms with Gasteiger partial charge in [-0.15, -0.1) is 0 Å². The van der Waals surface area contributed by atoms with Crippen molar-refractivity contribution in [3.8, 4) is 0 Å². The van der Waals surface area contributed by atoms with Gasteiger partial charge in [0.05, 0.1) is 5.52 Å². The second kappa shape index (κ2) is 8.42. The predicted octanol–water partition coefficient (Wildman–Crippen LogP) is 6.00. The third kappa shape index (κ3) is 4.08. The van der Waals surface area contributed by atoms with Crippen LogP contribution in [0, 0.1) is 5.82 Å². The van der Waals surface area contributed by atoms with E-state index in [1.54, 1.807) is 0 Å². The molecular weight excluding hydrogens is 361 g/mol. The first kappa shape index (κ1) is 19.7. The van der Waals surface area contributed by atoms with Crippen LogP contribution in [0.3, 0.4) is 0 Å². The molecule has 0 saturated carbocycles. The molecule has 0 aliphatic carbocycles. The third-order valence-electron chi connectivity index (χ3n) is 5.86. The van der Waals surface area contributed by atoms with Gasteiger partial charge in [-0.05, 0) is 67.4 Å². The maximum absolute atomic E-state index is 13.3. The topological polar surface area (TPSA) is 20.2 Å². The molecule has 0 unspecified atom stereocenters. The highest BCUT2D eigenvalue weighted by molar-refractivity contribution is 5.92. The average molecular weight is 392 g/mol.